The number of nitrogens with two attached hydrogens (primary N) is 1. The third-order valence-corrected chi connectivity index (χ3v) is 4.20. The molecule has 1 aromatic carbocycles. The van der Waals surface area contributed by atoms with Crippen LogP contribution in [0.5, 0.6) is 0 Å². The molecule has 1 fully saturated rings. The van der Waals surface area contributed by atoms with Gasteiger partial charge in [0, 0.05) is 24.7 Å². The van der Waals surface area contributed by atoms with Crippen molar-refractivity contribution in [1.29, 1.82) is 0 Å². The fourth-order valence-corrected chi connectivity index (χ4v) is 3.14. The van der Waals surface area contributed by atoms with Crippen LogP contribution < -0.4 is 5.73 Å². The average molecular weight is 313 g/mol. The van der Waals surface area contributed by atoms with Gasteiger partial charge in [0.2, 0.25) is 5.88 Å². The predicted octanol–water partition coefficient (Wildman–Crippen LogP) is 4.12. The number of hydrogen-bond acceptors (Lipinski definition) is 4. The van der Waals surface area contributed by atoms with Gasteiger partial charge < -0.3 is 15.0 Å². The van der Waals surface area contributed by atoms with Gasteiger partial charge in [-0.25, -0.2) is 0 Å². The summed E-state index contributed by atoms with van der Waals surface area (Å²) < 4.78 is 10.6. The first kappa shape index (κ1) is 13.7. The second-order valence-electron chi connectivity index (χ2n) is 4.79. The van der Waals surface area contributed by atoms with Crippen molar-refractivity contribution in [1.82, 2.24) is 5.16 Å². The minimum Gasteiger partial charge on any atom is -0.381 e. The summed E-state index contributed by atoms with van der Waals surface area (Å²) in [5.74, 6) is 0.508. The van der Waals surface area contributed by atoms with E-state index in [-0.39, 0.29) is 11.8 Å². The SMILES string of the molecule is Nc1onc(C2CCOCC2)c1-c1c(Cl)cccc1Cl. The van der Waals surface area contributed by atoms with Crippen molar-refractivity contribution in [3.8, 4) is 11.1 Å². The van der Waals surface area contributed by atoms with Crippen molar-refractivity contribution < 1.29 is 9.26 Å². The van der Waals surface area contributed by atoms with E-state index in [1.54, 1.807) is 18.2 Å². The highest BCUT2D eigenvalue weighted by Gasteiger charge is 2.27. The number of hydrogen-bond donors (Lipinski definition) is 1. The number of nitrogen functional groups attached to an aromatic ring is 1. The van der Waals surface area contributed by atoms with Crippen LogP contribution in [0.3, 0.4) is 0 Å². The van der Waals surface area contributed by atoms with Crippen LogP contribution in [-0.2, 0) is 4.74 Å². The number of ether oxygens (including phenoxy) is 1. The van der Waals surface area contributed by atoms with Crippen LogP contribution >= 0.6 is 23.2 Å². The molecule has 1 aliphatic heterocycles. The summed E-state index contributed by atoms with van der Waals surface area (Å²) in [7, 11) is 0. The fourth-order valence-electron chi connectivity index (χ4n) is 2.55. The van der Waals surface area contributed by atoms with E-state index in [4.69, 9.17) is 38.2 Å². The lowest BCUT2D eigenvalue weighted by molar-refractivity contribution is 0.0839. The zero-order valence-corrected chi connectivity index (χ0v) is 12.2. The van der Waals surface area contributed by atoms with Crippen LogP contribution in [0.25, 0.3) is 11.1 Å². The molecular formula is C14H14Cl2N2O2. The molecule has 1 saturated heterocycles. The Hall–Kier alpha value is -1.23. The molecule has 0 amide bonds. The van der Waals surface area contributed by atoms with Gasteiger partial charge in [0.25, 0.3) is 0 Å². The summed E-state index contributed by atoms with van der Waals surface area (Å²) in [5.41, 5.74) is 8.17. The van der Waals surface area contributed by atoms with E-state index in [2.05, 4.69) is 5.16 Å². The Morgan fingerprint density at radius 2 is 1.75 bits per heavy atom. The smallest absolute Gasteiger partial charge is 0.230 e. The van der Waals surface area contributed by atoms with Gasteiger partial charge in [0.15, 0.2) is 0 Å². The van der Waals surface area contributed by atoms with Gasteiger partial charge in [-0.05, 0) is 25.0 Å². The summed E-state index contributed by atoms with van der Waals surface area (Å²) >= 11 is 12.5. The van der Waals surface area contributed by atoms with Crippen molar-refractivity contribution in [2.24, 2.45) is 0 Å². The highest BCUT2D eigenvalue weighted by atomic mass is 35.5. The first-order valence-electron chi connectivity index (χ1n) is 6.45. The maximum absolute atomic E-state index is 6.27. The lowest BCUT2D eigenvalue weighted by Crippen LogP contribution is -2.15. The molecular weight excluding hydrogens is 299 g/mol. The second-order valence-corrected chi connectivity index (χ2v) is 5.60. The molecule has 2 N–H and O–H groups in total. The Morgan fingerprint density at radius 1 is 1.10 bits per heavy atom. The van der Waals surface area contributed by atoms with Gasteiger partial charge in [0.1, 0.15) is 0 Å². The molecule has 0 aliphatic carbocycles. The fraction of sp³-hybridized carbons (Fsp3) is 0.357. The molecule has 0 bridgehead atoms. The van der Waals surface area contributed by atoms with Crippen LogP contribution in [0, 0.1) is 0 Å². The van der Waals surface area contributed by atoms with Crippen molar-refractivity contribution in [3.05, 3.63) is 33.9 Å². The molecule has 1 aromatic heterocycles. The van der Waals surface area contributed by atoms with Crippen LogP contribution in [0.2, 0.25) is 10.0 Å². The molecule has 0 radical (unpaired) electrons. The van der Waals surface area contributed by atoms with Gasteiger partial charge in [0.05, 0.1) is 21.3 Å². The van der Waals surface area contributed by atoms with Crippen molar-refractivity contribution in [2.45, 2.75) is 18.8 Å². The van der Waals surface area contributed by atoms with Crippen LogP contribution in [-0.4, -0.2) is 18.4 Å². The molecule has 2 aromatic rings. The standard InChI is InChI=1S/C14H14Cl2N2O2/c15-9-2-1-3-10(16)11(9)12-13(18-20-14(12)17)8-4-6-19-7-5-8/h1-3,8H,4-7,17H2. The summed E-state index contributed by atoms with van der Waals surface area (Å²) in [6.45, 7) is 1.43. The van der Waals surface area contributed by atoms with E-state index in [1.807, 2.05) is 0 Å². The number of rotatable bonds is 2. The average Bonchev–Trinajstić information content (AvgIpc) is 2.82. The zero-order chi connectivity index (χ0) is 14.1. The third-order valence-electron chi connectivity index (χ3n) is 3.57. The van der Waals surface area contributed by atoms with Crippen molar-refractivity contribution in [2.75, 3.05) is 18.9 Å². The molecule has 0 spiro atoms. The zero-order valence-electron chi connectivity index (χ0n) is 10.7. The van der Waals surface area contributed by atoms with Gasteiger partial charge >= 0.3 is 0 Å². The Labute approximate surface area is 126 Å². The Morgan fingerprint density at radius 3 is 2.40 bits per heavy atom. The molecule has 0 saturated carbocycles. The Balaban J connectivity index is 2.11. The van der Waals surface area contributed by atoms with E-state index >= 15 is 0 Å². The quantitative estimate of drug-likeness (QED) is 0.906. The third kappa shape index (κ3) is 2.39. The van der Waals surface area contributed by atoms with E-state index in [9.17, 15) is 0 Å². The molecule has 4 nitrogen and oxygen atoms in total. The molecule has 0 unspecified atom stereocenters. The number of aromatic nitrogens is 1. The van der Waals surface area contributed by atoms with Crippen LogP contribution in [0.4, 0.5) is 5.88 Å². The minimum absolute atomic E-state index is 0.251. The summed E-state index contributed by atoms with van der Waals surface area (Å²) in [6.07, 6.45) is 1.78. The Kier molecular flexibility index (Phi) is 3.87. The van der Waals surface area contributed by atoms with Gasteiger partial charge in [-0.1, -0.05) is 34.4 Å². The summed E-state index contributed by atoms with van der Waals surface area (Å²) in [5, 5.41) is 5.21. The molecule has 2 heterocycles. The van der Waals surface area contributed by atoms with E-state index in [1.165, 1.54) is 0 Å². The van der Waals surface area contributed by atoms with E-state index < -0.39 is 0 Å². The van der Waals surface area contributed by atoms with Crippen LogP contribution in [0.15, 0.2) is 22.7 Å². The van der Waals surface area contributed by atoms with Crippen molar-refractivity contribution >= 4 is 29.1 Å². The van der Waals surface area contributed by atoms with Crippen molar-refractivity contribution in [3.63, 3.8) is 0 Å². The molecule has 1 aliphatic rings. The predicted molar refractivity (Wildman–Crippen MR) is 79.2 cm³/mol. The largest absolute Gasteiger partial charge is 0.381 e. The number of halogens is 2. The Bertz CT molecular complexity index is 601. The maximum Gasteiger partial charge on any atom is 0.230 e. The van der Waals surface area contributed by atoms with E-state index in [0.717, 1.165) is 18.5 Å². The number of anilines is 1. The molecule has 3 rings (SSSR count). The minimum atomic E-state index is 0.251. The first-order valence-corrected chi connectivity index (χ1v) is 7.21. The lowest BCUT2D eigenvalue weighted by atomic mass is 9.91. The maximum atomic E-state index is 6.27. The molecule has 106 valence electrons. The summed E-state index contributed by atoms with van der Waals surface area (Å²) in [4.78, 5) is 0. The second kappa shape index (κ2) is 5.64. The first-order chi connectivity index (χ1) is 9.68. The molecule has 0 atom stereocenters. The number of benzene rings is 1. The highest BCUT2D eigenvalue weighted by Crippen LogP contribution is 2.43. The lowest BCUT2D eigenvalue weighted by Gasteiger charge is -2.21. The van der Waals surface area contributed by atoms with Gasteiger partial charge in [-0.15, -0.1) is 0 Å². The highest BCUT2D eigenvalue weighted by molar-refractivity contribution is 6.39. The monoisotopic (exact) mass is 312 g/mol. The summed E-state index contributed by atoms with van der Waals surface area (Å²) in [6, 6.07) is 5.36. The molecule has 20 heavy (non-hydrogen) atoms. The molecule has 6 heteroatoms. The van der Waals surface area contributed by atoms with E-state index in [0.29, 0.717) is 34.4 Å². The van der Waals surface area contributed by atoms with Gasteiger partial charge in [-0.2, -0.15) is 0 Å². The van der Waals surface area contributed by atoms with Crippen LogP contribution in [0.1, 0.15) is 24.5 Å². The normalized spacial score (nSPS) is 16.5. The van der Waals surface area contributed by atoms with Gasteiger partial charge in [-0.3, -0.25) is 0 Å². The number of nitrogens with zero attached hydrogens (tertiary/aromatic N) is 1. The topological polar surface area (TPSA) is 61.3 Å².